The minimum atomic E-state index is -3.08. The van der Waals surface area contributed by atoms with Gasteiger partial charge in [-0.25, -0.2) is 8.78 Å². The van der Waals surface area contributed by atoms with Crippen LogP contribution in [0.2, 0.25) is 0 Å². The van der Waals surface area contributed by atoms with Crippen molar-refractivity contribution in [1.29, 1.82) is 0 Å². The van der Waals surface area contributed by atoms with Crippen LogP contribution in [0.5, 0.6) is 0 Å². The van der Waals surface area contributed by atoms with Crippen molar-refractivity contribution >= 4 is 5.91 Å². The molecule has 1 rings (SSSR count). The predicted molar refractivity (Wildman–Crippen MR) is 45.0 cm³/mol. The lowest BCUT2D eigenvalue weighted by Crippen LogP contribution is -2.41. The second-order valence-corrected chi connectivity index (χ2v) is 2.72. The minimum absolute atomic E-state index is 0.00202. The summed E-state index contributed by atoms with van der Waals surface area (Å²) in [6.07, 6.45) is 1.29. The molecule has 0 aliphatic heterocycles. The maximum Gasteiger partial charge on any atom is 0.287 e. The molecule has 0 aliphatic carbocycles. The topological polar surface area (TPSA) is 68.3 Å². The summed E-state index contributed by atoms with van der Waals surface area (Å²) >= 11 is 0. The number of halogens is 2. The highest BCUT2D eigenvalue weighted by molar-refractivity contribution is 5.91. The van der Waals surface area contributed by atoms with Crippen molar-refractivity contribution < 1.29 is 18.0 Å². The summed E-state index contributed by atoms with van der Waals surface area (Å²) in [6, 6.07) is 2.88. The summed E-state index contributed by atoms with van der Waals surface area (Å²) in [7, 11) is 0. The summed E-state index contributed by atoms with van der Waals surface area (Å²) in [6.45, 7) is -1.59. The van der Waals surface area contributed by atoms with Crippen LogP contribution >= 0.6 is 0 Å². The second-order valence-electron chi connectivity index (χ2n) is 2.72. The van der Waals surface area contributed by atoms with Crippen LogP contribution in [-0.4, -0.2) is 24.9 Å². The Labute approximate surface area is 79.1 Å². The zero-order chi connectivity index (χ0) is 10.6. The molecule has 0 atom stereocenters. The van der Waals surface area contributed by atoms with E-state index in [1.54, 1.807) is 0 Å². The average Bonchev–Trinajstić information content (AvgIpc) is 2.67. The number of hydrogen-bond donors (Lipinski definition) is 2. The van der Waals surface area contributed by atoms with Crippen LogP contribution in [0.15, 0.2) is 22.8 Å². The summed E-state index contributed by atoms with van der Waals surface area (Å²) in [5.74, 6) is -3.76. The first-order valence-corrected chi connectivity index (χ1v) is 3.95. The van der Waals surface area contributed by atoms with Crippen molar-refractivity contribution in [2.24, 2.45) is 5.73 Å². The Hall–Kier alpha value is -1.43. The molecular formula is C8H10F2N2O2. The van der Waals surface area contributed by atoms with E-state index in [0.717, 1.165) is 0 Å². The fourth-order valence-corrected chi connectivity index (χ4v) is 0.777. The van der Waals surface area contributed by atoms with Gasteiger partial charge < -0.3 is 15.5 Å². The van der Waals surface area contributed by atoms with E-state index in [4.69, 9.17) is 10.2 Å². The van der Waals surface area contributed by atoms with Crippen LogP contribution in [-0.2, 0) is 0 Å². The minimum Gasteiger partial charge on any atom is -0.459 e. The zero-order valence-electron chi connectivity index (χ0n) is 7.30. The van der Waals surface area contributed by atoms with Crippen molar-refractivity contribution in [3.05, 3.63) is 24.2 Å². The third-order valence-corrected chi connectivity index (χ3v) is 1.55. The maximum absolute atomic E-state index is 12.6. The smallest absolute Gasteiger partial charge is 0.287 e. The highest BCUT2D eigenvalue weighted by Gasteiger charge is 2.27. The Kier molecular flexibility index (Phi) is 3.19. The average molecular weight is 204 g/mol. The van der Waals surface area contributed by atoms with E-state index >= 15 is 0 Å². The fourth-order valence-electron chi connectivity index (χ4n) is 0.777. The van der Waals surface area contributed by atoms with Gasteiger partial charge in [-0.15, -0.1) is 0 Å². The van der Waals surface area contributed by atoms with Gasteiger partial charge in [-0.1, -0.05) is 0 Å². The van der Waals surface area contributed by atoms with E-state index in [2.05, 4.69) is 0 Å². The first-order valence-electron chi connectivity index (χ1n) is 3.95. The number of rotatable bonds is 4. The number of carbonyl (C=O) groups excluding carboxylic acids is 1. The number of furan rings is 1. The normalized spacial score (nSPS) is 11.4. The Bertz CT molecular complexity index is 298. The Balaban J connectivity index is 2.43. The Morgan fingerprint density at radius 3 is 2.86 bits per heavy atom. The first kappa shape index (κ1) is 10.6. The van der Waals surface area contributed by atoms with Gasteiger partial charge in [-0.2, -0.15) is 0 Å². The molecule has 0 aliphatic rings. The molecule has 0 fully saturated rings. The van der Waals surface area contributed by atoms with E-state index in [1.807, 2.05) is 5.32 Å². The summed E-state index contributed by atoms with van der Waals surface area (Å²) in [5, 5.41) is 2.01. The van der Waals surface area contributed by atoms with Gasteiger partial charge in [0.1, 0.15) is 0 Å². The number of nitrogens with one attached hydrogen (secondary N) is 1. The lowest BCUT2D eigenvalue weighted by atomic mass is 10.3. The van der Waals surface area contributed by atoms with Crippen LogP contribution < -0.4 is 11.1 Å². The molecule has 0 bridgehead atoms. The molecule has 78 valence electrons. The van der Waals surface area contributed by atoms with Crippen molar-refractivity contribution in [3.63, 3.8) is 0 Å². The zero-order valence-corrected chi connectivity index (χ0v) is 7.30. The Morgan fingerprint density at radius 1 is 1.64 bits per heavy atom. The van der Waals surface area contributed by atoms with Gasteiger partial charge in [0, 0.05) is 0 Å². The van der Waals surface area contributed by atoms with Crippen molar-refractivity contribution in [3.8, 4) is 0 Å². The molecule has 0 radical (unpaired) electrons. The molecule has 4 nitrogen and oxygen atoms in total. The molecule has 0 saturated carbocycles. The highest BCUT2D eigenvalue weighted by Crippen LogP contribution is 2.09. The van der Waals surface area contributed by atoms with Gasteiger partial charge in [0.15, 0.2) is 5.76 Å². The first-order chi connectivity index (χ1) is 6.55. The number of hydrogen-bond acceptors (Lipinski definition) is 3. The number of alkyl halides is 2. The molecule has 14 heavy (non-hydrogen) atoms. The van der Waals surface area contributed by atoms with Crippen LogP contribution in [0, 0.1) is 0 Å². The quantitative estimate of drug-likeness (QED) is 0.754. The highest BCUT2D eigenvalue weighted by atomic mass is 19.3. The van der Waals surface area contributed by atoms with Crippen LogP contribution in [0.4, 0.5) is 8.78 Å². The largest absolute Gasteiger partial charge is 0.459 e. The van der Waals surface area contributed by atoms with Gasteiger partial charge in [-0.3, -0.25) is 4.79 Å². The molecule has 0 spiro atoms. The molecule has 0 saturated heterocycles. The van der Waals surface area contributed by atoms with Crippen LogP contribution in [0.25, 0.3) is 0 Å². The molecule has 0 unspecified atom stereocenters. The number of nitrogens with two attached hydrogens (primary N) is 1. The van der Waals surface area contributed by atoms with Gasteiger partial charge in [0.05, 0.1) is 19.4 Å². The fraction of sp³-hybridized carbons (Fsp3) is 0.375. The lowest BCUT2D eigenvalue weighted by molar-refractivity contribution is 0.0116. The van der Waals surface area contributed by atoms with Gasteiger partial charge in [0.25, 0.3) is 11.8 Å². The van der Waals surface area contributed by atoms with Gasteiger partial charge >= 0.3 is 0 Å². The van der Waals surface area contributed by atoms with Crippen molar-refractivity contribution in [1.82, 2.24) is 5.32 Å². The maximum atomic E-state index is 12.6. The predicted octanol–water partition coefficient (Wildman–Crippen LogP) is 0.603. The van der Waals surface area contributed by atoms with E-state index in [-0.39, 0.29) is 5.76 Å². The molecule has 1 aromatic rings. The molecule has 1 heterocycles. The van der Waals surface area contributed by atoms with Gasteiger partial charge in [-0.05, 0) is 12.1 Å². The number of carbonyl (C=O) groups is 1. The van der Waals surface area contributed by atoms with Gasteiger partial charge in [0.2, 0.25) is 0 Å². The molecule has 6 heteroatoms. The third-order valence-electron chi connectivity index (χ3n) is 1.55. The van der Waals surface area contributed by atoms with Crippen molar-refractivity contribution in [2.75, 3.05) is 13.1 Å². The van der Waals surface area contributed by atoms with Crippen LogP contribution in [0.1, 0.15) is 10.6 Å². The second kappa shape index (κ2) is 4.19. The summed E-state index contributed by atoms with van der Waals surface area (Å²) in [4.78, 5) is 11.1. The van der Waals surface area contributed by atoms with E-state index in [1.165, 1.54) is 18.4 Å². The third kappa shape index (κ3) is 2.81. The van der Waals surface area contributed by atoms with Crippen LogP contribution in [0.3, 0.4) is 0 Å². The van der Waals surface area contributed by atoms with E-state index < -0.39 is 24.9 Å². The lowest BCUT2D eigenvalue weighted by Gasteiger charge is -2.13. The molecule has 1 amide bonds. The van der Waals surface area contributed by atoms with Crippen molar-refractivity contribution in [2.45, 2.75) is 5.92 Å². The van der Waals surface area contributed by atoms with E-state index in [9.17, 15) is 13.6 Å². The molecule has 3 N–H and O–H groups in total. The number of amides is 1. The Morgan fingerprint density at radius 2 is 2.36 bits per heavy atom. The van der Waals surface area contributed by atoms with E-state index in [0.29, 0.717) is 0 Å². The monoisotopic (exact) mass is 204 g/mol. The molecular weight excluding hydrogens is 194 g/mol. The molecule has 1 aromatic heterocycles. The summed E-state index contributed by atoms with van der Waals surface area (Å²) in [5.41, 5.74) is 4.79. The molecule has 0 aromatic carbocycles. The summed E-state index contributed by atoms with van der Waals surface area (Å²) < 4.78 is 29.9. The standard InChI is InChI=1S/C8H10F2N2O2/c9-8(10,4-11)5-12-7(13)6-2-1-3-14-6/h1-3H,4-5,11H2,(H,12,13). The SMILES string of the molecule is NCC(F)(F)CNC(=O)c1ccco1.